The molecule has 0 aliphatic rings. The molecule has 0 fully saturated rings. The van der Waals surface area contributed by atoms with Crippen molar-refractivity contribution in [3.05, 3.63) is 41.1 Å². The highest BCUT2D eigenvalue weighted by Crippen LogP contribution is 2.28. The number of nitrogens with zero attached hydrogens (tertiary/aromatic N) is 1. The van der Waals surface area contributed by atoms with Crippen molar-refractivity contribution in [1.82, 2.24) is 5.16 Å². The van der Waals surface area contributed by atoms with Crippen molar-refractivity contribution < 1.29 is 14.4 Å². The Balaban J connectivity index is 2.59. The van der Waals surface area contributed by atoms with Crippen LogP contribution in [0.25, 0.3) is 11.3 Å². The van der Waals surface area contributed by atoms with Crippen LogP contribution < -0.4 is 0 Å². The first-order chi connectivity index (χ1) is 7.20. The fourth-order valence-electron chi connectivity index (χ4n) is 1.24. The Morgan fingerprint density at radius 1 is 1.40 bits per heavy atom. The number of carboxylic acids is 1. The van der Waals surface area contributed by atoms with E-state index in [0.29, 0.717) is 10.6 Å². The molecule has 0 bridgehead atoms. The summed E-state index contributed by atoms with van der Waals surface area (Å²) in [6.07, 6.45) is 1.08. The Hall–Kier alpha value is -1.81. The lowest BCUT2D eigenvalue weighted by atomic mass is 10.1. The van der Waals surface area contributed by atoms with Crippen LogP contribution in [-0.4, -0.2) is 16.2 Å². The molecule has 0 spiro atoms. The minimum absolute atomic E-state index is 0.00287. The summed E-state index contributed by atoms with van der Waals surface area (Å²) in [4.78, 5) is 10.8. The minimum Gasteiger partial charge on any atom is -0.477 e. The molecule has 5 heteroatoms. The average Bonchev–Trinajstić information content (AvgIpc) is 2.67. The highest BCUT2D eigenvalue weighted by Gasteiger charge is 2.17. The summed E-state index contributed by atoms with van der Waals surface area (Å²) < 4.78 is 4.63. The molecule has 1 N–H and O–H groups in total. The van der Waals surface area contributed by atoms with E-state index >= 15 is 0 Å². The van der Waals surface area contributed by atoms with Crippen molar-refractivity contribution >= 4 is 17.6 Å². The lowest BCUT2D eigenvalue weighted by molar-refractivity contribution is 0.0697. The molecule has 2 aromatic rings. The number of aromatic nitrogens is 1. The third-order valence-electron chi connectivity index (χ3n) is 1.93. The maximum atomic E-state index is 10.8. The van der Waals surface area contributed by atoms with E-state index in [-0.39, 0.29) is 11.3 Å². The zero-order valence-corrected chi connectivity index (χ0v) is 8.23. The van der Waals surface area contributed by atoms with E-state index in [1.165, 1.54) is 0 Å². The van der Waals surface area contributed by atoms with Crippen LogP contribution in [0.2, 0.25) is 5.02 Å². The van der Waals surface area contributed by atoms with Crippen molar-refractivity contribution in [3.8, 4) is 11.3 Å². The van der Waals surface area contributed by atoms with Crippen molar-refractivity contribution in [2.75, 3.05) is 0 Å². The molecule has 1 heterocycles. The van der Waals surface area contributed by atoms with E-state index < -0.39 is 5.97 Å². The van der Waals surface area contributed by atoms with Gasteiger partial charge in [-0.05, 0) is 6.07 Å². The summed E-state index contributed by atoms with van der Waals surface area (Å²) >= 11 is 5.92. The van der Waals surface area contributed by atoms with Crippen LogP contribution in [-0.2, 0) is 0 Å². The molecule has 15 heavy (non-hydrogen) atoms. The van der Waals surface area contributed by atoms with Gasteiger partial charge in [0.15, 0.2) is 0 Å². The van der Waals surface area contributed by atoms with Gasteiger partial charge in [-0.2, -0.15) is 0 Å². The fraction of sp³-hybridized carbons (Fsp3) is 0. The molecule has 2 rings (SSSR count). The van der Waals surface area contributed by atoms with Crippen LogP contribution in [0, 0.1) is 0 Å². The Kier molecular flexibility index (Phi) is 2.43. The van der Waals surface area contributed by atoms with Crippen molar-refractivity contribution in [2.45, 2.75) is 0 Å². The molecular weight excluding hydrogens is 218 g/mol. The molecule has 4 nitrogen and oxygen atoms in total. The van der Waals surface area contributed by atoms with E-state index in [1.807, 2.05) is 0 Å². The van der Waals surface area contributed by atoms with E-state index in [9.17, 15) is 4.79 Å². The van der Waals surface area contributed by atoms with Gasteiger partial charge in [0.25, 0.3) is 0 Å². The van der Waals surface area contributed by atoms with Gasteiger partial charge in [0.05, 0.1) is 5.02 Å². The predicted molar refractivity (Wildman–Crippen MR) is 53.9 cm³/mol. The number of carboxylic acid groups (broad SMARTS) is 1. The van der Waals surface area contributed by atoms with Crippen molar-refractivity contribution in [1.29, 1.82) is 0 Å². The molecule has 0 atom stereocenters. The number of hydrogen-bond donors (Lipinski definition) is 1. The molecule has 0 saturated carbocycles. The summed E-state index contributed by atoms with van der Waals surface area (Å²) in [7, 11) is 0. The van der Waals surface area contributed by atoms with E-state index in [1.54, 1.807) is 24.3 Å². The van der Waals surface area contributed by atoms with Gasteiger partial charge in [-0.15, -0.1) is 0 Å². The second kappa shape index (κ2) is 3.74. The summed E-state index contributed by atoms with van der Waals surface area (Å²) in [6.45, 7) is 0. The second-order valence-corrected chi connectivity index (χ2v) is 3.27. The molecule has 0 radical (unpaired) electrons. The highest BCUT2D eigenvalue weighted by atomic mass is 35.5. The van der Waals surface area contributed by atoms with Gasteiger partial charge in [0.1, 0.15) is 17.5 Å². The Bertz CT molecular complexity index is 507. The molecule has 0 aliphatic carbocycles. The van der Waals surface area contributed by atoms with E-state index in [4.69, 9.17) is 16.7 Å². The fourth-order valence-corrected chi connectivity index (χ4v) is 1.46. The normalized spacial score (nSPS) is 10.2. The quantitative estimate of drug-likeness (QED) is 0.850. The van der Waals surface area contributed by atoms with Crippen LogP contribution in [0.1, 0.15) is 10.4 Å². The maximum Gasteiger partial charge on any atom is 0.341 e. The first-order valence-electron chi connectivity index (χ1n) is 4.12. The van der Waals surface area contributed by atoms with E-state index in [2.05, 4.69) is 9.68 Å². The van der Waals surface area contributed by atoms with E-state index in [0.717, 1.165) is 6.26 Å². The maximum absolute atomic E-state index is 10.8. The predicted octanol–water partition coefficient (Wildman–Crippen LogP) is 2.69. The molecule has 0 amide bonds. The monoisotopic (exact) mass is 223 g/mol. The number of carbonyl (C=O) groups is 1. The number of halogens is 1. The van der Waals surface area contributed by atoms with Crippen LogP contribution in [0.4, 0.5) is 0 Å². The Labute approximate surface area is 90.1 Å². The van der Waals surface area contributed by atoms with Gasteiger partial charge in [-0.3, -0.25) is 0 Å². The first kappa shape index (κ1) is 9.73. The lowest BCUT2D eigenvalue weighted by Gasteiger charge is -1.99. The lowest BCUT2D eigenvalue weighted by Crippen LogP contribution is -1.96. The largest absolute Gasteiger partial charge is 0.477 e. The van der Waals surface area contributed by atoms with Crippen molar-refractivity contribution in [2.24, 2.45) is 0 Å². The van der Waals surface area contributed by atoms with Crippen LogP contribution >= 0.6 is 11.6 Å². The minimum atomic E-state index is -1.09. The number of hydrogen-bond acceptors (Lipinski definition) is 3. The van der Waals surface area contributed by atoms with Gasteiger partial charge < -0.3 is 9.63 Å². The summed E-state index contributed by atoms with van der Waals surface area (Å²) in [6, 6.07) is 6.86. The standard InChI is InChI=1S/C10H6ClNO3/c11-8-4-2-1-3-6(8)9-7(10(13)14)5-15-12-9/h1-5H,(H,13,14). The van der Waals surface area contributed by atoms with Gasteiger partial charge >= 0.3 is 5.97 Å². The Morgan fingerprint density at radius 2 is 2.13 bits per heavy atom. The number of benzene rings is 1. The molecular formula is C10H6ClNO3. The molecule has 1 aromatic carbocycles. The highest BCUT2D eigenvalue weighted by molar-refractivity contribution is 6.33. The van der Waals surface area contributed by atoms with Gasteiger partial charge in [-0.1, -0.05) is 35.0 Å². The summed E-state index contributed by atoms with van der Waals surface area (Å²) in [5.74, 6) is -1.09. The Morgan fingerprint density at radius 3 is 2.80 bits per heavy atom. The SMILES string of the molecule is O=C(O)c1conc1-c1ccccc1Cl. The molecule has 1 aromatic heterocycles. The first-order valence-corrected chi connectivity index (χ1v) is 4.50. The van der Waals surface area contributed by atoms with Crippen LogP contribution in [0.15, 0.2) is 35.1 Å². The zero-order valence-electron chi connectivity index (χ0n) is 7.48. The molecule has 0 unspecified atom stereocenters. The van der Waals surface area contributed by atoms with Gasteiger partial charge in [-0.25, -0.2) is 4.79 Å². The third-order valence-corrected chi connectivity index (χ3v) is 2.26. The van der Waals surface area contributed by atoms with Gasteiger partial charge in [0.2, 0.25) is 0 Å². The number of aromatic carboxylic acids is 1. The van der Waals surface area contributed by atoms with Crippen LogP contribution in [0.3, 0.4) is 0 Å². The van der Waals surface area contributed by atoms with Crippen LogP contribution in [0.5, 0.6) is 0 Å². The summed E-state index contributed by atoms with van der Waals surface area (Å²) in [5.41, 5.74) is 0.793. The smallest absolute Gasteiger partial charge is 0.341 e. The third kappa shape index (κ3) is 1.71. The topological polar surface area (TPSA) is 63.3 Å². The molecule has 0 aliphatic heterocycles. The number of rotatable bonds is 2. The molecule has 76 valence electrons. The average molecular weight is 224 g/mol. The molecule has 0 saturated heterocycles. The zero-order chi connectivity index (χ0) is 10.8. The van der Waals surface area contributed by atoms with Gasteiger partial charge in [0, 0.05) is 5.56 Å². The van der Waals surface area contributed by atoms with Crippen molar-refractivity contribution in [3.63, 3.8) is 0 Å². The second-order valence-electron chi connectivity index (χ2n) is 2.86. The summed E-state index contributed by atoms with van der Waals surface area (Å²) in [5, 5.41) is 12.9.